The van der Waals surface area contributed by atoms with E-state index in [1.54, 1.807) is 0 Å². The zero-order valence-corrected chi connectivity index (χ0v) is 12.1. The molecule has 2 saturated carbocycles. The number of rotatable bonds is 7. The molecular formula is C16H25N3. The second-order valence-electron chi connectivity index (χ2n) is 6.33. The summed E-state index contributed by atoms with van der Waals surface area (Å²) in [6.07, 6.45) is 7.40. The second kappa shape index (κ2) is 5.49. The number of nitrogens with one attached hydrogen (secondary N) is 1. The lowest BCUT2D eigenvalue weighted by atomic mass is 10.2. The molecule has 1 aromatic heterocycles. The number of pyridine rings is 1. The summed E-state index contributed by atoms with van der Waals surface area (Å²) in [5, 5.41) is 3.61. The molecule has 0 amide bonds. The largest absolute Gasteiger partial charge is 0.354 e. The van der Waals surface area contributed by atoms with Crippen molar-refractivity contribution in [2.24, 2.45) is 5.92 Å². The molecule has 1 heterocycles. The zero-order valence-electron chi connectivity index (χ0n) is 12.1. The highest BCUT2D eigenvalue weighted by Gasteiger charge is 2.27. The van der Waals surface area contributed by atoms with Crippen LogP contribution in [0.4, 0.5) is 5.82 Å². The normalized spacial score (nSPS) is 18.9. The molecule has 1 N–H and O–H groups in total. The van der Waals surface area contributed by atoms with Crippen LogP contribution < -0.4 is 10.2 Å². The summed E-state index contributed by atoms with van der Waals surface area (Å²) in [7, 11) is 0. The summed E-state index contributed by atoms with van der Waals surface area (Å²) in [4.78, 5) is 7.15. The Labute approximate surface area is 116 Å². The first-order valence-corrected chi connectivity index (χ1v) is 7.68. The van der Waals surface area contributed by atoms with Crippen molar-refractivity contribution in [3.8, 4) is 0 Å². The van der Waals surface area contributed by atoms with Crippen molar-refractivity contribution in [3.05, 3.63) is 23.9 Å². The number of hydrogen-bond acceptors (Lipinski definition) is 3. The minimum Gasteiger partial charge on any atom is -0.354 e. The molecule has 3 nitrogen and oxygen atoms in total. The molecule has 19 heavy (non-hydrogen) atoms. The molecule has 2 fully saturated rings. The third-order valence-corrected chi connectivity index (χ3v) is 4.07. The predicted molar refractivity (Wildman–Crippen MR) is 79.3 cm³/mol. The summed E-state index contributed by atoms with van der Waals surface area (Å²) in [6, 6.07) is 5.56. The van der Waals surface area contributed by atoms with E-state index in [0.717, 1.165) is 18.5 Å². The summed E-state index contributed by atoms with van der Waals surface area (Å²) in [6.45, 7) is 6.68. The maximum atomic E-state index is 4.67. The minimum absolute atomic E-state index is 0.523. The fourth-order valence-electron chi connectivity index (χ4n) is 2.49. The molecule has 2 aliphatic carbocycles. The van der Waals surface area contributed by atoms with E-state index in [9.17, 15) is 0 Å². The maximum Gasteiger partial charge on any atom is 0.133 e. The Kier molecular flexibility index (Phi) is 3.74. The fraction of sp³-hybridized carbons (Fsp3) is 0.688. The van der Waals surface area contributed by atoms with Crippen molar-refractivity contribution in [2.75, 3.05) is 11.4 Å². The van der Waals surface area contributed by atoms with Crippen LogP contribution in [-0.4, -0.2) is 23.6 Å². The lowest BCUT2D eigenvalue weighted by Gasteiger charge is -2.30. The predicted octanol–water partition coefficient (Wildman–Crippen LogP) is 2.96. The highest BCUT2D eigenvalue weighted by Crippen LogP contribution is 2.32. The van der Waals surface area contributed by atoms with Crippen molar-refractivity contribution < 1.29 is 0 Å². The Morgan fingerprint density at radius 3 is 2.74 bits per heavy atom. The van der Waals surface area contributed by atoms with Crippen molar-refractivity contribution >= 4 is 5.82 Å². The molecule has 0 spiro atoms. The van der Waals surface area contributed by atoms with Crippen LogP contribution in [0.3, 0.4) is 0 Å². The smallest absolute Gasteiger partial charge is 0.133 e. The molecule has 3 rings (SSSR count). The van der Waals surface area contributed by atoms with Crippen LogP contribution in [0, 0.1) is 5.92 Å². The van der Waals surface area contributed by atoms with E-state index in [1.165, 1.54) is 43.6 Å². The Bertz CT molecular complexity index is 422. The molecule has 0 aromatic carbocycles. The summed E-state index contributed by atoms with van der Waals surface area (Å²) in [5.41, 5.74) is 1.35. The van der Waals surface area contributed by atoms with Gasteiger partial charge >= 0.3 is 0 Å². The van der Waals surface area contributed by atoms with Gasteiger partial charge in [0.1, 0.15) is 5.82 Å². The van der Waals surface area contributed by atoms with Crippen molar-refractivity contribution in [2.45, 2.75) is 58.2 Å². The number of hydrogen-bond donors (Lipinski definition) is 1. The number of nitrogens with zero attached hydrogens (tertiary/aromatic N) is 2. The highest BCUT2D eigenvalue weighted by molar-refractivity contribution is 5.47. The van der Waals surface area contributed by atoms with Gasteiger partial charge in [0, 0.05) is 36.9 Å². The summed E-state index contributed by atoms with van der Waals surface area (Å²) >= 11 is 0. The summed E-state index contributed by atoms with van der Waals surface area (Å²) in [5.74, 6) is 2.09. The van der Waals surface area contributed by atoms with Crippen molar-refractivity contribution in [3.63, 3.8) is 0 Å². The lowest BCUT2D eigenvalue weighted by Crippen LogP contribution is -2.34. The van der Waals surface area contributed by atoms with E-state index in [0.29, 0.717) is 6.04 Å². The van der Waals surface area contributed by atoms with Crippen LogP contribution >= 0.6 is 0 Å². The van der Waals surface area contributed by atoms with Gasteiger partial charge in [0.05, 0.1) is 0 Å². The van der Waals surface area contributed by atoms with Crippen molar-refractivity contribution in [1.82, 2.24) is 10.3 Å². The molecule has 0 atom stereocenters. The quantitative estimate of drug-likeness (QED) is 0.816. The third kappa shape index (κ3) is 3.47. The van der Waals surface area contributed by atoms with Gasteiger partial charge in [0.2, 0.25) is 0 Å². The van der Waals surface area contributed by atoms with Crippen LogP contribution in [0.25, 0.3) is 0 Å². The van der Waals surface area contributed by atoms with Crippen LogP contribution in [-0.2, 0) is 6.54 Å². The average Bonchev–Trinajstić information content (AvgIpc) is 3.27. The Morgan fingerprint density at radius 1 is 1.32 bits per heavy atom. The minimum atomic E-state index is 0.523. The molecule has 0 unspecified atom stereocenters. The third-order valence-electron chi connectivity index (χ3n) is 4.07. The molecule has 0 bridgehead atoms. The molecule has 0 saturated heterocycles. The maximum absolute atomic E-state index is 4.67. The summed E-state index contributed by atoms with van der Waals surface area (Å²) < 4.78 is 0. The number of aromatic nitrogens is 1. The Hall–Kier alpha value is -1.09. The average molecular weight is 259 g/mol. The first-order chi connectivity index (χ1) is 9.24. The van der Waals surface area contributed by atoms with E-state index in [1.807, 2.05) is 6.20 Å². The van der Waals surface area contributed by atoms with Gasteiger partial charge in [-0.25, -0.2) is 4.98 Å². The first kappa shape index (κ1) is 12.9. The van der Waals surface area contributed by atoms with Crippen molar-refractivity contribution in [1.29, 1.82) is 0 Å². The topological polar surface area (TPSA) is 28.2 Å². The van der Waals surface area contributed by atoms with Gasteiger partial charge < -0.3 is 10.2 Å². The molecule has 104 valence electrons. The van der Waals surface area contributed by atoms with E-state index < -0.39 is 0 Å². The van der Waals surface area contributed by atoms with Gasteiger partial charge in [-0.2, -0.15) is 0 Å². The van der Waals surface area contributed by atoms with E-state index in [4.69, 9.17) is 0 Å². The Balaban J connectivity index is 1.74. The molecular weight excluding hydrogens is 234 g/mol. The Morgan fingerprint density at radius 2 is 2.11 bits per heavy atom. The monoisotopic (exact) mass is 259 g/mol. The second-order valence-corrected chi connectivity index (χ2v) is 6.33. The van der Waals surface area contributed by atoms with E-state index in [2.05, 4.69) is 41.2 Å². The van der Waals surface area contributed by atoms with Gasteiger partial charge in [-0.15, -0.1) is 0 Å². The highest BCUT2D eigenvalue weighted by atomic mass is 15.2. The van der Waals surface area contributed by atoms with Crippen LogP contribution in [0.5, 0.6) is 0 Å². The van der Waals surface area contributed by atoms with E-state index >= 15 is 0 Å². The first-order valence-electron chi connectivity index (χ1n) is 7.68. The van der Waals surface area contributed by atoms with Gasteiger partial charge in [-0.1, -0.05) is 6.07 Å². The molecule has 0 radical (unpaired) electrons. The van der Waals surface area contributed by atoms with Gasteiger partial charge in [-0.3, -0.25) is 0 Å². The fourth-order valence-corrected chi connectivity index (χ4v) is 2.49. The molecule has 2 aliphatic rings. The SMILES string of the molecule is CC(C)N(CC1CC1)c1ncccc1CNC1CC1. The van der Waals surface area contributed by atoms with Crippen LogP contribution in [0.1, 0.15) is 45.1 Å². The lowest BCUT2D eigenvalue weighted by molar-refractivity contribution is 0.624. The molecule has 1 aromatic rings. The van der Waals surface area contributed by atoms with Crippen LogP contribution in [0.15, 0.2) is 18.3 Å². The van der Waals surface area contributed by atoms with Gasteiger partial charge in [-0.05, 0) is 51.5 Å². The van der Waals surface area contributed by atoms with Gasteiger partial charge in [0.25, 0.3) is 0 Å². The van der Waals surface area contributed by atoms with E-state index in [-0.39, 0.29) is 0 Å². The zero-order chi connectivity index (χ0) is 13.2. The molecule has 0 aliphatic heterocycles. The molecule has 3 heteroatoms. The van der Waals surface area contributed by atoms with Gasteiger partial charge in [0.15, 0.2) is 0 Å². The number of anilines is 1. The standard InChI is InChI=1S/C16H25N3/c1-12(2)19(11-13-5-6-13)16-14(4-3-9-17-16)10-18-15-7-8-15/h3-4,9,12-13,15,18H,5-8,10-11H2,1-2H3. The van der Waals surface area contributed by atoms with Crippen LogP contribution in [0.2, 0.25) is 0 Å².